The van der Waals surface area contributed by atoms with Crippen LogP contribution in [-0.4, -0.2) is 54.4 Å². The Morgan fingerprint density at radius 3 is 2.64 bits per heavy atom. The number of rotatable bonds is 9. The Kier molecular flexibility index (Phi) is 8.24. The molecule has 0 atom stereocenters. The topological polar surface area (TPSA) is 104 Å². The van der Waals surface area contributed by atoms with Gasteiger partial charge in [0.15, 0.2) is 5.96 Å². The van der Waals surface area contributed by atoms with E-state index >= 15 is 0 Å². The summed E-state index contributed by atoms with van der Waals surface area (Å²) in [4.78, 5) is 6.30. The predicted octanol–water partition coefficient (Wildman–Crippen LogP) is 2.98. The summed E-state index contributed by atoms with van der Waals surface area (Å²) in [7, 11) is 3.68. The Balaban J connectivity index is 1.50. The van der Waals surface area contributed by atoms with Crippen LogP contribution in [0, 0.1) is 17.1 Å². The lowest BCUT2D eigenvalue weighted by Gasteiger charge is -2.22. The quantitative estimate of drug-likeness (QED) is 0.296. The number of nitrogens with zero attached hydrogens (tertiary/aromatic N) is 5. The minimum atomic E-state index is -0.346. The van der Waals surface area contributed by atoms with Crippen LogP contribution in [0.5, 0.6) is 5.75 Å². The van der Waals surface area contributed by atoms with Gasteiger partial charge in [-0.1, -0.05) is 18.2 Å². The number of hydrogen-bond acceptors (Lipinski definition) is 5. The highest BCUT2D eigenvalue weighted by Crippen LogP contribution is 2.21. The first-order valence-electron chi connectivity index (χ1n) is 10.7. The number of nitrogen functional groups attached to an aromatic ring is 1. The Hall–Kier alpha value is -4.06. The number of nitrogens with one attached hydrogen (secondary N) is 1. The van der Waals surface area contributed by atoms with Crippen LogP contribution in [0.1, 0.15) is 17.7 Å². The van der Waals surface area contributed by atoms with E-state index in [1.54, 1.807) is 19.2 Å². The highest BCUT2D eigenvalue weighted by molar-refractivity contribution is 5.79. The number of aromatic nitrogens is 2. The number of nitriles is 1. The number of hydrogen-bond donors (Lipinski definition) is 2. The van der Waals surface area contributed by atoms with Gasteiger partial charge < -0.3 is 20.7 Å². The van der Waals surface area contributed by atoms with Gasteiger partial charge in [0, 0.05) is 20.6 Å². The summed E-state index contributed by atoms with van der Waals surface area (Å²) in [5.74, 6) is 1.49. The lowest BCUT2D eigenvalue weighted by Crippen LogP contribution is -2.41. The van der Waals surface area contributed by atoms with E-state index in [4.69, 9.17) is 10.5 Å². The third-order valence-corrected chi connectivity index (χ3v) is 5.06. The number of nitrogens with two attached hydrogens (primary N) is 1. The van der Waals surface area contributed by atoms with Crippen LogP contribution in [-0.2, 0) is 6.42 Å². The summed E-state index contributed by atoms with van der Waals surface area (Å²) < 4.78 is 20.4. The molecule has 8 nitrogen and oxygen atoms in total. The maximum absolute atomic E-state index is 13.2. The average Bonchev–Trinajstić information content (AvgIpc) is 3.15. The molecule has 0 spiro atoms. The summed E-state index contributed by atoms with van der Waals surface area (Å²) in [6.07, 6.45) is 1.29. The van der Waals surface area contributed by atoms with E-state index in [1.807, 2.05) is 42.3 Å². The molecule has 0 aliphatic carbocycles. The molecular weight excluding hydrogens is 421 g/mol. The van der Waals surface area contributed by atoms with Crippen molar-refractivity contribution < 1.29 is 9.13 Å². The number of aryl methyl sites for hydroxylation is 1. The van der Waals surface area contributed by atoms with Crippen molar-refractivity contribution in [1.29, 1.82) is 5.26 Å². The Bertz CT molecular complexity index is 1100. The van der Waals surface area contributed by atoms with Crippen molar-refractivity contribution in [2.75, 3.05) is 39.5 Å². The highest BCUT2D eigenvalue weighted by atomic mass is 19.1. The van der Waals surface area contributed by atoms with Crippen LogP contribution < -0.4 is 15.8 Å². The van der Waals surface area contributed by atoms with Crippen LogP contribution in [0.2, 0.25) is 0 Å². The molecule has 172 valence electrons. The molecule has 3 rings (SSSR count). The number of halogens is 1. The molecule has 3 aromatic rings. The molecule has 2 aromatic carbocycles. The first kappa shape index (κ1) is 23.6. The van der Waals surface area contributed by atoms with Gasteiger partial charge in [0.05, 0.1) is 17.9 Å². The molecule has 3 N–H and O–H groups in total. The SMILES string of the molecule is CN=C(NCCCc1nn(-c2ccc(F)cc2)c(N)c1C#N)N(C)CCOc1ccccc1. The fraction of sp³-hybridized carbons (Fsp3) is 0.292. The van der Waals surface area contributed by atoms with Crippen molar-refractivity contribution in [2.45, 2.75) is 12.8 Å². The second-order valence-corrected chi connectivity index (χ2v) is 7.37. The number of anilines is 1. The van der Waals surface area contributed by atoms with E-state index in [2.05, 4.69) is 21.5 Å². The maximum atomic E-state index is 13.2. The fourth-order valence-corrected chi connectivity index (χ4v) is 3.32. The summed E-state index contributed by atoms with van der Waals surface area (Å²) in [5.41, 5.74) is 7.68. The van der Waals surface area contributed by atoms with Crippen molar-refractivity contribution in [1.82, 2.24) is 20.0 Å². The average molecular weight is 450 g/mol. The minimum absolute atomic E-state index is 0.251. The van der Waals surface area contributed by atoms with Crippen molar-refractivity contribution in [3.8, 4) is 17.5 Å². The standard InChI is InChI=1S/C24H28FN7O/c1-28-24(31(2)15-16-33-20-7-4-3-5-8-20)29-14-6-9-22-21(17-26)23(27)32(30-22)19-12-10-18(25)11-13-19/h3-5,7-8,10-13H,6,9,14-16,27H2,1-2H3,(H,28,29). The molecule has 0 unspecified atom stereocenters. The number of aliphatic imine (C=N–C) groups is 1. The van der Waals surface area contributed by atoms with Crippen molar-refractivity contribution >= 4 is 11.8 Å². The van der Waals surface area contributed by atoms with E-state index < -0.39 is 0 Å². The molecule has 0 saturated heterocycles. The van der Waals surface area contributed by atoms with Gasteiger partial charge in [-0.2, -0.15) is 10.4 Å². The third kappa shape index (κ3) is 6.23. The zero-order valence-electron chi connectivity index (χ0n) is 18.8. The number of ether oxygens (including phenoxy) is 1. The van der Waals surface area contributed by atoms with Gasteiger partial charge in [-0.05, 0) is 49.2 Å². The first-order valence-corrected chi connectivity index (χ1v) is 10.7. The van der Waals surface area contributed by atoms with Crippen molar-refractivity contribution in [2.24, 2.45) is 4.99 Å². The van der Waals surface area contributed by atoms with E-state index in [-0.39, 0.29) is 11.6 Å². The number of guanidine groups is 1. The molecule has 0 radical (unpaired) electrons. The number of likely N-dealkylation sites (N-methyl/N-ethyl adjacent to an activating group) is 1. The molecule has 1 aromatic heterocycles. The molecule has 1 heterocycles. The van der Waals surface area contributed by atoms with Crippen molar-refractivity contribution in [3.63, 3.8) is 0 Å². The molecule has 0 saturated carbocycles. The Morgan fingerprint density at radius 1 is 1.24 bits per heavy atom. The lowest BCUT2D eigenvalue weighted by molar-refractivity contribution is 0.281. The van der Waals surface area contributed by atoms with Gasteiger partial charge >= 0.3 is 0 Å². The van der Waals surface area contributed by atoms with E-state index in [0.717, 1.165) is 18.1 Å². The number of para-hydroxylation sites is 1. The number of benzene rings is 2. The summed E-state index contributed by atoms with van der Waals surface area (Å²) in [5, 5.41) is 17.3. The molecule has 0 aliphatic rings. The second kappa shape index (κ2) is 11.5. The van der Waals surface area contributed by atoms with Crippen LogP contribution in [0.15, 0.2) is 59.6 Å². The van der Waals surface area contributed by atoms with Crippen LogP contribution in [0.4, 0.5) is 10.2 Å². The predicted molar refractivity (Wildman–Crippen MR) is 127 cm³/mol. The molecule has 0 amide bonds. The molecular formula is C24H28FN7O. The first-order chi connectivity index (χ1) is 16.0. The van der Waals surface area contributed by atoms with E-state index in [1.165, 1.54) is 16.8 Å². The third-order valence-electron chi connectivity index (χ3n) is 5.06. The van der Waals surface area contributed by atoms with E-state index in [9.17, 15) is 9.65 Å². The fourth-order valence-electron chi connectivity index (χ4n) is 3.32. The van der Waals surface area contributed by atoms with Gasteiger partial charge in [-0.25, -0.2) is 9.07 Å². The Labute approximate surface area is 193 Å². The second-order valence-electron chi connectivity index (χ2n) is 7.37. The van der Waals surface area contributed by atoms with Gasteiger partial charge in [0.2, 0.25) is 0 Å². The summed E-state index contributed by atoms with van der Waals surface area (Å²) >= 11 is 0. The highest BCUT2D eigenvalue weighted by Gasteiger charge is 2.16. The van der Waals surface area contributed by atoms with Gasteiger partial charge in [-0.3, -0.25) is 4.99 Å². The normalized spacial score (nSPS) is 11.2. The van der Waals surface area contributed by atoms with Gasteiger partial charge in [0.25, 0.3) is 0 Å². The Morgan fingerprint density at radius 2 is 1.97 bits per heavy atom. The van der Waals surface area contributed by atoms with Crippen LogP contribution in [0.3, 0.4) is 0 Å². The van der Waals surface area contributed by atoms with Crippen molar-refractivity contribution in [3.05, 3.63) is 71.7 Å². The zero-order chi connectivity index (χ0) is 23.6. The minimum Gasteiger partial charge on any atom is -0.492 e. The summed E-state index contributed by atoms with van der Waals surface area (Å²) in [6, 6.07) is 17.6. The smallest absolute Gasteiger partial charge is 0.193 e. The molecule has 0 aliphatic heterocycles. The molecule has 33 heavy (non-hydrogen) atoms. The maximum Gasteiger partial charge on any atom is 0.193 e. The molecule has 0 fully saturated rings. The largest absolute Gasteiger partial charge is 0.492 e. The monoisotopic (exact) mass is 449 g/mol. The van der Waals surface area contributed by atoms with Gasteiger partial charge in [0.1, 0.15) is 35.6 Å². The van der Waals surface area contributed by atoms with E-state index in [0.29, 0.717) is 43.1 Å². The molecule has 9 heteroatoms. The summed E-state index contributed by atoms with van der Waals surface area (Å²) in [6.45, 7) is 1.85. The zero-order valence-corrected chi connectivity index (χ0v) is 18.8. The van der Waals surface area contributed by atoms with Gasteiger partial charge in [-0.15, -0.1) is 0 Å². The lowest BCUT2D eigenvalue weighted by atomic mass is 10.1. The van der Waals surface area contributed by atoms with Crippen LogP contribution in [0.25, 0.3) is 5.69 Å². The molecule has 0 bridgehead atoms. The van der Waals surface area contributed by atoms with Crippen LogP contribution >= 0.6 is 0 Å².